The highest BCUT2D eigenvalue weighted by Gasteiger charge is 2.09. The number of hydrogen-bond donors (Lipinski definition) is 1. The molecule has 0 saturated carbocycles. The van der Waals surface area contributed by atoms with Crippen LogP contribution in [-0.4, -0.2) is 17.4 Å². The molecule has 0 saturated heterocycles. The minimum atomic E-state index is -0.897. The first-order chi connectivity index (χ1) is 8.20. The molecule has 1 N–H and O–H groups in total. The summed E-state index contributed by atoms with van der Waals surface area (Å²) in [6, 6.07) is 0. The van der Waals surface area contributed by atoms with Crippen LogP contribution in [0.15, 0.2) is 0 Å². The Hall–Kier alpha value is -0.570. The van der Waals surface area contributed by atoms with Gasteiger partial charge in [-0.2, -0.15) is 0 Å². The predicted molar refractivity (Wildman–Crippen MR) is 69.6 cm³/mol. The third-order valence-corrected chi connectivity index (χ3v) is 2.81. The highest BCUT2D eigenvalue weighted by molar-refractivity contribution is 5.69. The fourth-order valence-corrected chi connectivity index (χ4v) is 1.71. The second-order valence-electron chi connectivity index (χ2n) is 4.60. The van der Waals surface area contributed by atoms with Gasteiger partial charge in [0, 0.05) is 12.8 Å². The van der Waals surface area contributed by atoms with Crippen molar-refractivity contribution in [1.29, 1.82) is 0 Å². The van der Waals surface area contributed by atoms with Crippen LogP contribution in [0.25, 0.3) is 0 Å². The molecule has 102 valence electrons. The van der Waals surface area contributed by atoms with Crippen molar-refractivity contribution >= 4 is 5.97 Å². The normalized spacial score (nSPS) is 12.4. The van der Waals surface area contributed by atoms with Crippen molar-refractivity contribution in [3.63, 3.8) is 0 Å². The lowest BCUT2D eigenvalue weighted by molar-refractivity contribution is -0.168. The number of aliphatic hydroxyl groups is 1. The molecule has 3 nitrogen and oxygen atoms in total. The highest BCUT2D eigenvalue weighted by Crippen LogP contribution is 2.09. The molecule has 0 radical (unpaired) electrons. The molecule has 17 heavy (non-hydrogen) atoms. The molecule has 0 rings (SSSR count). The Balaban J connectivity index is 3.37. The second-order valence-corrected chi connectivity index (χ2v) is 4.60. The molecular weight excluding hydrogens is 216 g/mol. The lowest BCUT2D eigenvalue weighted by Gasteiger charge is -2.11. The van der Waals surface area contributed by atoms with Crippen molar-refractivity contribution in [3.8, 4) is 0 Å². The fraction of sp³-hybridized carbons (Fsp3) is 0.929. The standard InChI is InChI=1S/C14H28O3/c1-3-5-7-8-10-12-14(16)17-13(15)11-9-6-4-2/h14,16H,3-12H2,1-2H3. The van der Waals surface area contributed by atoms with Gasteiger partial charge in [-0.3, -0.25) is 4.79 Å². The van der Waals surface area contributed by atoms with E-state index in [2.05, 4.69) is 13.8 Å². The van der Waals surface area contributed by atoms with Gasteiger partial charge >= 0.3 is 5.97 Å². The zero-order valence-corrected chi connectivity index (χ0v) is 11.4. The maximum absolute atomic E-state index is 11.3. The molecule has 0 aliphatic rings. The highest BCUT2D eigenvalue weighted by atomic mass is 16.6. The van der Waals surface area contributed by atoms with E-state index in [4.69, 9.17) is 4.74 Å². The summed E-state index contributed by atoms with van der Waals surface area (Å²) >= 11 is 0. The summed E-state index contributed by atoms with van der Waals surface area (Å²) < 4.78 is 4.92. The van der Waals surface area contributed by atoms with E-state index in [0.717, 1.165) is 32.1 Å². The molecule has 3 heteroatoms. The third kappa shape index (κ3) is 11.7. The van der Waals surface area contributed by atoms with Crippen LogP contribution in [0.1, 0.15) is 78.1 Å². The first-order valence-corrected chi connectivity index (χ1v) is 7.08. The first-order valence-electron chi connectivity index (χ1n) is 7.08. The summed E-state index contributed by atoms with van der Waals surface area (Å²) in [6.07, 6.45) is 8.81. The third-order valence-electron chi connectivity index (χ3n) is 2.81. The van der Waals surface area contributed by atoms with Gasteiger partial charge in [0.25, 0.3) is 0 Å². The average Bonchev–Trinajstić information content (AvgIpc) is 2.29. The largest absolute Gasteiger partial charge is 0.436 e. The topological polar surface area (TPSA) is 46.5 Å². The number of ether oxygens (including phenoxy) is 1. The van der Waals surface area contributed by atoms with Crippen molar-refractivity contribution in [2.75, 3.05) is 0 Å². The van der Waals surface area contributed by atoms with Crippen molar-refractivity contribution in [3.05, 3.63) is 0 Å². The monoisotopic (exact) mass is 244 g/mol. The van der Waals surface area contributed by atoms with Crippen LogP contribution in [0.5, 0.6) is 0 Å². The number of unbranched alkanes of at least 4 members (excludes halogenated alkanes) is 6. The molecule has 0 aliphatic heterocycles. The van der Waals surface area contributed by atoms with Gasteiger partial charge in [-0.1, -0.05) is 52.4 Å². The van der Waals surface area contributed by atoms with Gasteiger partial charge in [-0.25, -0.2) is 0 Å². The van der Waals surface area contributed by atoms with E-state index in [1.165, 1.54) is 19.3 Å². The number of hydrogen-bond acceptors (Lipinski definition) is 3. The van der Waals surface area contributed by atoms with E-state index >= 15 is 0 Å². The summed E-state index contributed by atoms with van der Waals surface area (Å²) in [4.78, 5) is 11.3. The van der Waals surface area contributed by atoms with Crippen LogP contribution in [0, 0.1) is 0 Å². The van der Waals surface area contributed by atoms with E-state index in [0.29, 0.717) is 12.8 Å². The van der Waals surface area contributed by atoms with Crippen molar-refractivity contribution < 1.29 is 14.6 Å². The predicted octanol–water partition coefficient (Wildman–Crippen LogP) is 3.79. The molecule has 0 spiro atoms. The molecule has 1 atom stereocenters. The van der Waals surface area contributed by atoms with E-state index in [1.54, 1.807) is 0 Å². The Morgan fingerprint density at radius 2 is 1.59 bits per heavy atom. The van der Waals surface area contributed by atoms with Gasteiger partial charge in [0.05, 0.1) is 0 Å². The van der Waals surface area contributed by atoms with Crippen molar-refractivity contribution in [2.45, 2.75) is 84.3 Å². The molecule has 0 fully saturated rings. The van der Waals surface area contributed by atoms with E-state index in [9.17, 15) is 9.90 Å². The lowest BCUT2D eigenvalue weighted by Crippen LogP contribution is -2.17. The van der Waals surface area contributed by atoms with Gasteiger partial charge in [0.2, 0.25) is 6.29 Å². The van der Waals surface area contributed by atoms with Crippen LogP contribution >= 0.6 is 0 Å². The molecule has 0 bridgehead atoms. The molecule has 0 aliphatic carbocycles. The quantitative estimate of drug-likeness (QED) is 0.342. The first kappa shape index (κ1) is 16.4. The van der Waals surface area contributed by atoms with Gasteiger partial charge in [0.1, 0.15) is 0 Å². The van der Waals surface area contributed by atoms with Crippen LogP contribution in [0.2, 0.25) is 0 Å². The Labute approximate surface area is 106 Å². The minimum absolute atomic E-state index is 0.264. The molecule has 0 aromatic carbocycles. The summed E-state index contributed by atoms with van der Waals surface area (Å²) in [5.74, 6) is -0.264. The molecule has 0 aromatic rings. The van der Waals surface area contributed by atoms with E-state index in [1.807, 2.05) is 0 Å². The van der Waals surface area contributed by atoms with Gasteiger partial charge in [-0.15, -0.1) is 0 Å². The maximum atomic E-state index is 11.3. The molecule has 0 heterocycles. The SMILES string of the molecule is CCCCCCCC(O)OC(=O)CCCCC. The fourth-order valence-electron chi connectivity index (χ4n) is 1.71. The molecule has 0 aromatic heterocycles. The smallest absolute Gasteiger partial charge is 0.308 e. The van der Waals surface area contributed by atoms with E-state index in [-0.39, 0.29) is 5.97 Å². The Morgan fingerprint density at radius 3 is 2.24 bits per heavy atom. The van der Waals surface area contributed by atoms with Crippen molar-refractivity contribution in [2.24, 2.45) is 0 Å². The number of carbonyl (C=O) groups is 1. The summed E-state index contributed by atoms with van der Waals surface area (Å²) in [5.41, 5.74) is 0. The number of carbonyl (C=O) groups excluding carboxylic acids is 1. The zero-order chi connectivity index (χ0) is 12.9. The lowest BCUT2D eigenvalue weighted by atomic mass is 10.1. The second kappa shape index (κ2) is 11.9. The van der Waals surface area contributed by atoms with Crippen LogP contribution in [0.3, 0.4) is 0 Å². The summed E-state index contributed by atoms with van der Waals surface area (Å²) in [7, 11) is 0. The van der Waals surface area contributed by atoms with Gasteiger partial charge in [-0.05, 0) is 12.8 Å². The summed E-state index contributed by atoms with van der Waals surface area (Å²) in [5, 5.41) is 9.49. The number of aliphatic hydroxyl groups excluding tert-OH is 1. The zero-order valence-electron chi connectivity index (χ0n) is 11.4. The Morgan fingerprint density at radius 1 is 1.00 bits per heavy atom. The number of esters is 1. The summed E-state index contributed by atoms with van der Waals surface area (Å²) in [6.45, 7) is 4.27. The van der Waals surface area contributed by atoms with Crippen LogP contribution in [-0.2, 0) is 9.53 Å². The molecular formula is C14H28O3. The maximum Gasteiger partial charge on any atom is 0.308 e. The number of rotatable bonds is 11. The van der Waals surface area contributed by atoms with Crippen molar-refractivity contribution in [1.82, 2.24) is 0 Å². The van der Waals surface area contributed by atoms with Crippen LogP contribution < -0.4 is 0 Å². The minimum Gasteiger partial charge on any atom is -0.436 e. The molecule has 1 unspecified atom stereocenters. The molecule has 0 amide bonds. The average molecular weight is 244 g/mol. The van der Waals surface area contributed by atoms with Gasteiger partial charge in [0.15, 0.2) is 0 Å². The Bertz CT molecular complexity index is 180. The van der Waals surface area contributed by atoms with Crippen LogP contribution in [0.4, 0.5) is 0 Å². The van der Waals surface area contributed by atoms with E-state index < -0.39 is 6.29 Å². The van der Waals surface area contributed by atoms with Gasteiger partial charge < -0.3 is 9.84 Å². The Kier molecular flexibility index (Phi) is 11.5.